The Morgan fingerprint density at radius 1 is 1.28 bits per heavy atom. The molecule has 5 nitrogen and oxygen atoms in total. The first-order valence-corrected chi connectivity index (χ1v) is 8.77. The molecule has 126 valence electrons. The van der Waals surface area contributed by atoms with E-state index in [9.17, 15) is 4.79 Å². The van der Waals surface area contributed by atoms with Gasteiger partial charge in [0.05, 0.1) is 11.3 Å². The summed E-state index contributed by atoms with van der Waals surface area (Å²) in [6.07, 6.45) is 2.20. The van der Waals surface area contributed by atoms with E-state index < -0.39 is 0 Å². The summed E-state index contributed by atoms with van der Waals surface area (Å²) >= 11 is 1.58. The van der Waals surface area contributed by atoms with Crippen LogP contribution in [-0.4, -0.2) is 15.7 Å². The van der Waals surface area contributed by atoms with Gasteiger partial charge in [-0.2, -0.15) is 0 Å². The van der Waals surface area contributed by atoms with Crippen LogP contribution in [0.25, 0.3) is 21.5 Å². The van der Waals surface area contributed by atoms with Gasteiger partial charge in [-0.05, 0) is 23.1 Å². The number of carbonyl (C=O) groups excluding carboxylic acids is 1. The molecule has 4 rings (SSSR count). The molecule has 0 unspecified atom stereocenters. The summed E-state index contributed by atoms with van der Waals surface area (Å²) in [6.45, 7) is 0.110. The van der Waals surface area contributed by atoms with Crippen LogP contribution in [0, 0.1) is 0 Å². The monoisotopic (exact) mass is 352 g/mol. The number of thiophene rings is 1. The normalized spacial score (nSPS) is 11.1. The number of hydrogen-bond donors (Lipinski definition) is 0. The molecule has 3 heterocycles. The first kappa shape index (κ1) is 15.7. The third-order valence-electron chi connectivity index (χ3n) is 4.02. The van der Waals surface area contributed by atoms with E-state index in [-0.39, 0.29) is 19.0 Å². The molecule has 0 saturated carbocycles. The van der Waals surface area contributed by atoms with Crippen LogP contribution >= 0.6 is 11.3 Å². The predicted molar refractivity (Wildman–Crippen MR) is 96.2 cm³/mol. The maximum Gasteiger partial charge on any atom is 0.310 e. The average Bonchev–Trinajstić information content (AvgIpc) is 3.34. The third kappa shape index (κ3) is 3.21. The fourth-order valence-electron chi connectivity index (χ4n) is 2.84. The number of hydrogen-bond acceptors (Lipinski definition) is 5. The van der Waals surface area contributed by atoms with Crippen molar-refractivity contribution in [3.8, 4) is 10.6 Å². The van der Waals surface area contributed by atoms with Gasteiger partial charge < -0.3 is 13.8 Å². The fourth-order valence-corrected chi connectivity index (χ4v) is 3.52. The highest BCUT2D eigenvalue weighted by molar-refractivity contribution is 7.13. The molecule has 1 aromatic carbocycles. The van der Waals surface area contributed by atoms with E-state index in [2.05, 4.69) is 5.16 Å². The lowest BCUT2D eigenvalue weighted by Crippen LogP contribution is -2.07. The van der Waals surface area contributed by atoms with E-state index in [1.807, 2.05) is 59.6 Å². The number of para-hydroxylation sites is 1. The Bertz CT molecular complexity index is 1010. The number of aromatic nitrogens is 2. The molecule has 0 aliphatic rings. The summed E-state index contributed by atoms with van der Waals surface area (Å²) in [5, 5.41) is 7.00. The molecule has 0 aliphatic heterocycles. The van der Waals surface area contributed by atoms with Crippen molar-refractivity contribution < 1.29 is 14.1 Å². The lowest BCUT2D eigenvalue weighted by atomic mass is 10.1. The minimum Gasteiger partial charge on any atom is -0.459 e. The molecule has 0 amide bonds. The van der Waals surface area contributed by atoms with Crippen LogP contribution in [0.5, 0.6) is 0 Å². The molecular weight excluding hydrogens is 336 g/mol. The van der Waals surface area contributed by atoms with Crippen LogP contribution in [-0.2, 0) is 29.6 Å². The molecule has 0 atom stereocenters. The number of ether oxygens (including phenoxy) is 1. The second kappa shape index (κ2) is 6.57. The van der Waals surface area contributed by atoms with Crippen molar-refractivity contribution in [1.29, 1.82) is 0 Å². The van der Waals surface area contributed by atoms with Gasteiger partial charge >= 0.3 is 5.97 Å². The van der Waals surface area contributed by atoms with Crippen LogP contribution < -0.4 is 0 Å². The number of nitrogens with zero attached hydrogens (tertiary/aromatic N) is 2. The standard InChI is InChI=1S/C19H16N2O3S/c1-21-11-13(15-5-2-3-6-16(15)21)9-19(22)23-12-14-10-17(24-20-14)18-7-4-8-25-18/h2-8,10-11H,9,12H2,1H3. The lowest BCUT2D eigenvalue weighted by Gasteiger charge is -2.01. The van der Waals surface area contributed by atoms with E-state index in [1.54, 1.807) is 17.4 Å². The lowest BCUT2D eigenvalue weighted by molar-refractivity contribution is -0.144. The van der Waals surface area contributed by atoms with Crippen LogP contribution in [0.2, 0.25) is 0 Å². The molecule has 0 spiro atoms. The van der Waals surface area contributed by atoms with Crippen LogP contribution in [0.15, 0.2) is 58.6 Å². The summed E-state index contributed by atoms with van der Waals surface area (Å²) in [4.78, 5) is 13.2. The van der Waals surface area contributed by atoms with Crippen molar-refractivity contribution in [2.45, 2.75) is 13.0 Å². The Morgan fingerprint density at radius 2 is 2.16 bits per heavy atom. The van der Waals surface area contributed by atoms with Gasteiger partial charge in [-0.3, -0.25) is 4.79 Å². The smallest absolute Gasteiger partial charge is 0.310 e. The predicted octanol–water partition coefficient (Wildman–Crippen LogP) is 4.18. The van der Waals surface area contributed by atoms with Gasteiger partial charge in [-0.15, -0.1) is 11.3 Å². The molecular formula is C19H16N2O3S. The van der Waals surface area contributed by atoms with E-state index in [0.29, 0.717) is 11.5 Å². The maximum absolute atomic E-state index is 12.2. The quantitative estimate of drug-likeness (QED) is 0.506. The van der Waals surface area contributed by atoms with E-state index in [0.717, 1.165) is 21.3 Å². The first-order valence-electron chi connectivity index (χ1n) is 7.89. The van der Waals surface area contributed by atoms with Crippen molar-refractivity contribution in [2.75, 3.05) is 0 Å². The molecule has 3 aromatic heterocycles. The zero-order valence-electron chi connectivity index (χ0n) is 13.6. The fraction of sp³-hybridized carbons (Fsp3) is 0.158. The Hall–Kier alpha value is -2.86. The minimum atomic E-state index is -0.281. The number of rotatable bonds is 5. The molecule has 25 heavy (non-hydrogen) atoms. The SMILES string of the molecule is Cn1cc(CC(=O)OCc2cc(-c3cccs3)on2)c2ccccc21. The van der Waals surface area contributed by atoms with E-state index in [1.165, 1.54) is 0 Å². The second-order valence-electron chi connectivity index (χ2n) is 5.78. The molecule has 0 N–H and O–H groups in total. The van der Waals surface area contributed by atoms with Gasteiger partial charge in [0.1, 0.15) is 12.3 Å². The Morgan fingerprint density at radius 3 is 3.00 bits per heavy atom. The van der Waals surface area contributed by atoms with E-state index >= 15 is 0 Å². The molecule has 0 radical (unpaired) electrons. The van der Waals surface area contributed by atoms with Crippen LogP contribution in [0.3, 0.4) is 0 Å². The topological polar surface area (TPSA) is 57.3 Å². The highest BCUT2D eigenvalue weighted by atomic mass is 32.1. The third-order valence-corrected chi connectivity index (χ3v) is 4.90. The van der Waals surface area contributed by atoms with Crippen molar-refractivity contribution in [1.82, 2.24) is 9.72 Å². The Labute approximate surface area is 148 Å². The summed E-state index contributed by atoms with van der Waals surface area (Å²) in [5.41, 5.74) is 2.67. The summed E-state index contributed by atoms with van der Waals surface area (Å²) in [7, 11) is 1.97. The van der Waals surface area contributed by atoms with Gasteiger partial charge in [-0.1, -0.05) is 29.4 Å². The molecule has 0 fully saturated rings. The highest BCUT2D eigenvalue weighted by Gasteiger charge is 2.13. The summed E-state index contributed by atoms with van der Waals surface area (Å²) in [6, 6.07) is 13.7. The second-order valence-corrected chi connectivity index (χ2v) is 6.73. The molecule has 0 bridgehead atoms. The molecule has 4 aromatic rings. The maximum atomic E-state index is 12.2. The van der Waals surface area contributed by atoms with Crippen molar-refractivity contribution in [3.05, 3.63) is 65.3 Å². The summed E-state index contributed by atoms with van der Waals surface area (Å²) < 4.78 is 12.7. The number of carbonyl (C=O) groups is 1. The number of benzene rings is 1. The van der Waals surface area contributed by atoms with Crippen LogP contribution in [0.4, 0.5) is 0 Å². The van der Waals surface area contributed by atoms with Gasteiger partial charge in [0.15, 0.2) is 5.76 Å². The molecule has 6 heteroatoms. The van der Waals surface area contributed by atoms with Crippen molar-refractivity contribution in [3.63, 3.8) is 0 Å². The highest BCUT2D eigenvalue weighted by Crippen LogP contribution is 2.25. The first-order chi connectivity index (χ1) is 12.2. The average molecular weight is 352 g/mol. The largest absolute Gasteiger partial charge is 0.459 e. The minimum absolute atomic E-state index is 0.110. The summed E-state index contributed by atoms with van der Waals surface area (Å²) in [5.74, 6) is 0.409. The van der Waals surface area contributed by atoms with Crippen molar-refractivity contribution in [2.24, 2.45) is 7.05 Å². The Balaban J connectivity index is 1.41. The zero-order valence-corrected chi connectivity index (χ0v) is 14.5. The number of esters is 1. The Kier molecular flexibility index (Phi) is 4.11. The molecule has 0 aliphatic carbocycles. The van der Waals surface area contributed by atoms with E-state index in [4.69, 9.17) is 9.26 Å². The van der Waals surface area contributed by atoms with Gasteiger partial charge in [0.25, 0.3) is 0 Å². The number of fused-ring (bicyclic) bond motifs is 1. The molecule has 0 saturated heterocycles. The van der Waals surface area contributed by atoms with Crippen molar-refractivity contribution >= 4 is 28.2 Å². The zero-order chi connectivity index (χ0) is 17.2. The van der Waals surface area contributed by atoms with Gasteiger partial charge in [0.2, 0.25) is 0 Å². The number of aryl methyl sites for hydroxylation is 1. The van der Waals surface area contributed by atoms with Gasteiger partial charge in [0, 0.05) is 30.2 Å². The van der Waals surface area contributed by atoms with Gasteiger partial charge in [-0.25, -0.2) is 0 Å². The van der Waals surface area contributed by atoms with Crippen LogP contribution in [0.1, 0.15) is 11.3 Å².